The Morgan fingerprint density at radius 1 is 1.17 bits per heavy atom. The second kappa shape index (κ2) is 5.75. The fraction of sp³-hybridized carbons (Fsp3) is 0.667. The molecule has 0 aliphatic heterocycles. The largest absolute Gasteiger partial charge is 0.298 e. The molecule has 2 rings (SSSR count). The molecule has 0 aromatic carbocycles. The number of aromatic amines is 1. The fourth-order valence-electron chi connectivity index (χ4n) is 1.97. The molecule has 2 heterocycles. The van der Waals surface area contributed by atoms with E-state index in [4.69, 9.17) is 0 Å². The molecule has 6 heteroatoms. The number of aryl methyl sites for hydroxylation is 2. The third kappa shape index (κ3) is 2.57. The molecular formula is C12H19N5O. The van der Waals surface area contributed by atoms with E-state index < -0.39 is 0 Å². The van der Waals surface area contributed by atoms with Crippen molar-refractivity contribution in [2.45, 2.75) is 52.5 Å². The Kier molecular flexibility index (Phi) is 4.07. The molecule has 0 saturated heterocycles. The number of rotatable bonds is 6. The van der Waals surface area contributed by atoms with Gasteiger partial charge in [0.2, 0.25) is 0 Å². The summed E-state index contributed by atoms with van der Waals surface area (Å²) >= 11 is 0. The highest BCUT2D eigenvalue weighted by molar-refractivity contribution is 5.74. The standard InChI is InChI=1S/C12H19N5O/c1-3-4-5-6-7-8-17-12(18)11-10(15-16-17)9(2)13-14-11/h3-8H2,1-2H3,(H,13,14). The molecule has 0 aliphatic carbocycles. The molecule has 0 fully saturated rings. The van der Waals surface area contributed by atoms with Crippen LogP contribution in [0, 0.1) is 6.92 Å². The minimum atomic E-state index is -0.153. The van der Waals surface area contributed by atoms with Crippen LogP contribution in [-0.2, 0) is 6.54 Å². The molecule has 0 aliphatic rings. The number of aromatic nitrogens is 5. The second-order valence-electron chi connectivity index (χ2n) is 4.58. The summed E-state index contributed by atoms with van der Waals surface area (Å²) in [6, 6.07) is 0. The predicted octanol–water partition coefficient (Wildman–Crippen LogP) is 1.79. The summed E-state index contributed by atoms with van der Waals surface area (Å²) in [7, 11) is 0. The fourth-order valence-corrected chi connectivity index (χ4v) is 1.97. The van der Waals surface area contributed by atoms with Crippen molar-refractivity contribution >= 4 is 11.0 Å². The minimum absolute atomic E-state index is 0.153. The van der Waals surface area contributed by atoms with Crippen LogP contribution in [0.2, 0.25) is 0 Å². The Balaban J connectivity index is 2.05. The van der Waals surface area contributed by atoms with Crippen LogP contribution in [0.4, 0.5) is 0 Å². The van der Waals surface area contributed by atoms with E-state index in [2.05, 4.69) is 27.4 Å². The summed E-state index contributed by atoms with van der Waals surface area (Å²) in [5, 5.41) is 14.7. The number of hydrogen-bond acceptors (Lipinski definition) is 4. The van der Waals surface area contributed by atoms with E-state index in [0.29, 0.717) is 17.6 Å². The highest BCUT2D eigenvalue weighted by atomic mass is 16.1. The molecule has 0 atom stereocenters. The van der Waals surface area contributed by atoms with Crippen LogP contribution in [0.5, 0.6) is 0 Å². The maximum absolute atomic E-state index is 12.0. The van der Waals surface area contributed by atoms with Crippen molar-refractivity contribution in [1.29, 1.82) is 0 Å². The summed E-state index contributed by atoms with van der Waals surface area (Å²) in [6.45, 7) is 4.64. The lowest BCUT2D eigenvalue weighted by Gasteiger charge is -2.02. The lowest BCUT2D eigenvalue weighted by Crippen LogP contribution is -2.24. The van der Waals surface area contributed by atoms with Crippen molar-refractivity contribution < 1.29 is 0 Å². The number of H-pyrrole nitrogens is 1. The van der Waals surface area contributed by atoms with Gasteiger partial charge in [-0.25, -0.2) is 4.68 Å². The van der Waals surface area contributed by atoms with Gasteiger partial charge in [-0.3, -0.25) is 9.89 Å². The number of unbranched alkanes of at least 4 members (excludes halogenated alkanes) is 4. The van der Waals surface area contributed by atoms with E-state index >= 15 is 0 Å². The quantitative estimate of drug-likeness (QED) is 0.792. The first-order valence-electron chi connectivity index (χ1n) is 6.52. The smallest absolute Gasteiger partial charge is 0.280 e. The third-order valence-electron chi connectivity index (χ3n) is 3.08. The zero-order valence-corrected chi connectivity index (χ0v) is 10.9. The van der Waals surface area contributed by atoms with Gasteiger partial charge < -0.3 is 0 Å². The molecule has 1 N–H and O–H groups in total. The topological polar surface area (TPSA) is 76.5 Å². The van der Waals surface area contributed by atoms with Crippen LogP contribution in [0.1, 0.15) is 44.7 Å². The first-order chi connectivity index (χ1) is 8.74. The number of fused-ring (bicyclic) bond motifs is 1. The van der Waals surface area contributed by atoms with Gasteiger partial charge in [-0.1, -0.05) is 37.8 Å². The molecule has 98 valence electrons. The van der Waals surface area contributed by atoms with Crippen LogP contribution in [-0.4, -0.2) is 25.2 Å². The predicted molar refractivity (Wildman–Crippen MR) is 69.4 cm³/mol. The summed E-state index contributed by atoms with van der Waals surface area (Å²) in [5.74, 6) is 0. The van der Waals surface area contributed by atoms with Gasteiger partial charge in [0.1, 0.15) is 5.52 Å². The Hall–Kier alpha value is -1.72. The maximum atomic E-state index is 12.0. The van der Waals surface area contributed by atoms with Gasteiger partial charge in [-0.2, -0.15) is 5.10 Å². The molecule has 0 amide bonds. The van der Waals surface area contributed by atoms with Crippen molar-refractivity contribution in [2.24, 2.45) is 0 Å². The Morgan fingerprint density at radius 3 is 2.72 bits per heavy atom. The minimum Gasteiger partial charge on any atom is -0.280 e. The molecule has 2 aromatic heterocycles. The number of hydrogen-bond donors (Lipinski definition) is 1. The van der Waals surface area contributed by atoms with Crippen molar-refractivity contribution in [3.8, 4) is 0 Å². The average Bonchev–Trinajstić information content (AvgIpc) is 2.74. The van der Waals surface area contributed by atoms with Crippen molar-refractivity contribution in [3.63, 3.8) is 0 Å². The van der Waals surface area contributed by atoms with E-state index in [-0.39, 0.29) is 5.56 Å². The summed E-state index contributed by atoms with van der Waals surface area (Å²) in [6.07, 6.45) is 5.77. The normalized spacial score (nSPS) is 11.2. The summed E-state index contributed by atoms with van der Waals surface area (Å²) in [4.78, 5) is 12.0. The monoisotopic (exact) mass is 249 g/mol. The van der Waals surface area contributed by atoms with E-state index in [1.54, 1.807) is 0 Å². The van der Waals surface area contributed by atoms with E-state index in [1.807, 2.05) is 6.92 Å². The molecule has 0 unspecified atom stereocenters. The van der Waals surface area contributed by atoms with Gasteiger partial charge in [0.15, 0.2) is 5.52 Å². The van der Waals surface area contributed by atoms with E-state index in [1.165, 1.54) is 23.9 Å². The molecule has 0 saturated carbocycles. The number of nitrogens with one attached hydrogen (secondary N) is 1. The summed E-state index contributed by atoms with van der Waals surface area (Å²) < 4.78 is 1.41. The first kappa shape index (κ1) is 12.7. The zero-order chi connectivity index (χ0) is 13.0. The molecule has 18 heavy (non-hydrogen) atoms. The van der Waals surface area contributed by atoms with Gasteiger partial charge in [0.25, 0.3) is 5.56 Å². The van der Waals surface area contributed by atoms with Gasteiger partial charge in [-0.15, -0.1) is 5.10 Å². The van der Waals surface area contributed by atoms with Gasteiger partial charge in [0.05, 0.1) is 5.69 Å². The van der Waals surface area contributed by atoms with E-state index in [9.17, 15) is 4.79 Å². The Morgan fingerprint density at radius 2 is 1.94 bits per heavy atom. The maximum Gasteiger partial charge on any atom is 0.298 e. The SMILES string of the molecule is CCCCCCCn1nnc2c(C)[nH]nc2c1=O. The van der Waals surface area contributed by atoms with Gasteiger partial charge in [-0.05, 0) is 13.3 Å². The summed E-state index contributed by atoms with van der Waals surface area (Å²) in [5.41, 5.74) is 1.59. The zero-order valence-electron chi connectivity index (χ0n) is 10.9. The molecule has 0 radical (unpaired) electrons. The molecular weight excluding hydrogens is 230 g/mol. The van der Waals surface area contributed by atoms with Crippen molar-refractivity contribution in [1.82, 2.24) is 25.2 Å². The highest BCUT2D eigenvalue weighted by Crippen LogP contribution is 2.06. The lowest BCUT2D eigenvalue weighted by atomic mass is 10.1. The average molecular weight is 249 g/mol. The molecule has 0 spiro atoms. The van der Waals surface area contributed by atoms with E-state index in [0.717, 1.165) is 18.5 Å². The van der Waals surface area contributed by atoms with Crippen LogP contribution in [0.15, 0.2) is 4.79 Å². The number of nitrogens with zero attached hydrogens (tertiary/aromatic N) is 4. The van der Waals surface area contributed by atoms with Crippen LogP contribution < -0.4 is 5.56 Å². The Bertz CT molecular complexity index is 571. The first-order valence-corrected chi connectivity index (χ1v) is 6.52. The third-order valence-corrected chi connectivity index (χ3v) is 3.08. The molecule has 6 nitrogen and oxygen atoms in total. The Labute approximate surface area is 105 Å². The van der Waals surface area contributed by atoms with Crippen molar-refractivity contribution in [2.75, 3.05) is 0 Å². The lowest BCUT2D eigenvalue weighted by molar-refractivity contribution is 0.497. The highest BCUT2D eigenvalue weighted by Gasteiger charge is 2.10. The van der Waals surface area contributed by atoms with Crippen LogP contribution in [0.3, 0.4) is 0 Å². The second-order valence-corrected chi connectivity index (χ2v) is 4.58. The van der Waals surface area contributed by atoms with Crippen LogP contribution in [0.25, 0.3) is 11.0 Å². The molecule has 2 aromatic rings. The van der Waals surface area contributed by atoms with Gasteiger partial charge in [0, 0.05) is 6.54 Å². The van der Waals surface area contributed by atoms with Crippen molar-refractivity contribution in [3.05, 3.63) is 16.0 Å². The molecule has 0 bridgehead atoms. The van der Waals surface area contributed by atoms with Crippen LogP contribution >= 0.6 is 0 Å². The van der Waals surface area contributed by atoms with Gasteiger partial charge >= 0.3 is 0 Å².